The molecule has 2 saturated heterocycles. The summed E-state index contributed by atoms with van der Waals surface area (Å²) in [6.07, 6.45) is 0.436. The molecule has 2 heterocycles. The van der Waals surface area contributed by atoms with E-state index in [0.717, 1.165) is 6.42 Å². The van der Waals surface area contributed by atoms with E-state index in [9.17, 15) is 9.59 Å². The number of carbonyl (C=O) groups is 2. The molecule has 0 aromatic heterocycles. The van der Waals surface area contributed by atoms with Gasteiger partial charge < -0.3 is 24.6 Å². The quantitative estimate of drug-likeness (QED) is 0.860. The van der Waals surface area contributed by atoms with E-state index in [1.54, 1.807) is 16.9 Å². The summed E-state index contributed by atoms with van der Waals surface area (Å²) in [7, 11) is 1.61. The zero-order valence-corrected chi connectivity index (χ0v) is 15.3. The van der Waals surface area contributed by atoms with Gasteiger partial charge in [0.05, 0.1) is 12.1 Å². The molecular weight excluding hydrogens is 298 g/mol. The monoisotopic (exact) mass is 329 g/mol. The summed E-state index contributed by atoms with van der Waals surface area (Å²) in [4.78, 5) is 27.5. The summed E-state index contributed by atoms with van der Waals surface area (Å²) in [6, 6.07) is -0.0851. The van der Waals surface area contributed by atoms with Crippen LogP contribution < -0.4 is 5.32 Å². The summed E-state index contributed by atoms with van der Waals surface area (Å²) >= 11 is 0. The molecule has 23 heavy (non-hydrogen) atoms. The fourth-order valence-corrected chi connectivity index (χ4v) is 2.75. The van der Waals surface area contributed by atoms with Crippen LogP contribution in [-0.2, 0) is 9.47 Å². The summed E-state index contributed by atoms with van der Waals surface area (Å²) in [5.41, 5.74) is -0.849. The third-order valence-electron chi connectivity index (χ3n) is 3.72. The van der Waals surface area contributed by atoms with Crippen LogP contribution in [-0.4, -0.2) is 73.0 Å². The molecule has 0 aromatic rings. The third kappa shape index (κ3) is 5.27. The molecule has 0 saturated carbocycles. The van der Waals surface area contributed by atoms with Gasteiger partial charge in [-0.3, -0.25) is 0 Å². The first-order valence-electron chi connectivity index (χ1n) is 8.29. The first kappa shape index (κ1) is 19.5. The highest BCUT2D eigenvalue weighted by molar-refractivity contribution is 5.78. The maximum atomic E-state index is 12.1. The smallest absolute Gasteiger partial charge is 0.410 e. The zero-order chi connectivity index (χ0) is 17.7. The van der Waals surface area contributed by atoms with Crippen LogP contribution in [0.15, 0.2) is 0 Å². The molecule has 3 amide bonds. The standard InChI is InChI=1S/C14H25N3O4.C2H6/c1-13(2,3)21-12(19)17-6-5-14(10-17)9-16(7-8-20-4)11(18)15-14;1-2/h5-10H2,1-4H3,(H,15,18);1-2H3. The summed E-state index contributed by atoms with van der Waals surface area (Å²) < 4.78 is 10.4. The largest absolute Gasteiger partial charge is 0.444 e. The molecule has 134 valence electrons. The maximum Gasteiger partial charge on any atom is 0.410 e. The van der Waals surface area contributed by atoms with Crippen molar-refractivity contribution in [2.24, 2.45) is 0 Å². The minimum Gasteiger partial charge on any atom is -0.444 e. The lowest BCUT2D eigenvalue weighted by Gasteiger charge is -2.26. The highest BCUT2D eigenvalue weighted by atomic mass is 16.6. The number of hydrogen-bond donors (Lipinski definition) is 1. The minimum absolute atomic E-state index is 0.0851. The number of nitrogens with one attached hydrogen (secondary N) is 1. The van der Waals surface area contributed by atoms with E-state index in [2.05, 4.69) is 5.32 Å². The Hall–Kier alpha value is -1.50. The van der Waals surface area contributed by atoms with Crippen LogP contribution in [0.4, 0.5) is 9.59 Å². The summed E-state index contributed by atoms with van der Waals surface area (Å²) in [5.74, 6) is 0. The first-order valence-corrected chi connectivity index (χ1v) is 8.29. The summed E-state index contributed by atoms with van der Waals surface area (Å²) in [5, 5.41) is 3.02. The Bertz CT molecular complexity index is 422. The number of ether oxygens (including phenoxy) is 2. The van der Waals surface area contributed by atoms with Gasteiger partial charge in [0, 0.05) is 33.3 Å². The highest BCUT2D eigenvalue weighted by Gasteiger charge is 2.48. The van der Waals surface area contributed by atoms with Crippen LogP contribution in [0.3, 0.4) is 0 Å². The van der Waals surface area contributed by atoms with Crippen LogP contribution in [0.25, 0.3) is 0 Å². The molecule has 0 bridgehead atoms. The molecule has 0 aliphatic carbocycles. The predicted molar refractivity (Wildman–Crippen MR) is 88.5 cm³/mol. The molecule has 0 aromatic carbocycles. The summed E-state index contributed by atoms with van der Waals surface area (Å²) in [6.45, 7) is 12.3. The molecule has 1 atom stereocenters. The van der Waals surface area contributed by atoms with Crippen molar-refractivity contribution in [3.05, 3.63) is 0 Å². The van der Waals surface area contributed by atoms with Crippen molar-refractivity contribution in [3.8, 4) is 0 Å². The number of nitrogens with zero attached hydrogens (tertiary/aromatic N) is 2. The Morgan fingerprint density at radius 1 is 1.30 bits per heavy atom. The van der Waals surface area contributed by atoms with Crippen molar-refractivity contribution in [1.29, 1.82) is 0 Å². The molecule has 2 rings (SSSR count). The van der Waals surface area contributed by atoms with Gasteiger partial charge in [0.2, 0.25) is 0 Å². The van der Waals surface area contributed by atoms with Gasteiger partial charge in [-0.05, 0) is 27.2 Å². The maximum absolute atomic E-state index is 12.1. The topological polar surface area (TPSA) is 71.1 Å². The molecule has 1 N–H and O–H groups in total. The van der Waals surface area contributed by atoms with E-state index in [1.807, 2.05) is 34.6 Å². The molecule has 2 fully saturated rings. The van der Waals surface area contributed by atoms with Crippen molar-refractivity contribution in [2.45, 2.75) is 52.2 Å². The molecule has 0 radical (unpaired) electrons. The average Bonchev–Trinajstić information content (AvgIpc) is 3.01. The molecule has 2 aliphatic heterocycles. The van der Waals surface area contributed by atoms with Crippen LogP contribution in [0, 0.1) is 0 Å². The van der Waals surface area contributed by atoms with Crippen LogP contribution >= 0.6 is 0 Å². The van der Waals surface area contributed by atoms with Gasteiger partial charge in [0.1, 0.15) is 5.60 Å². The van der Waals surface area contributed by atoms with Gasteiger partial charge in [-0.2, -0.15) is 0 Å². The fraction of sp³-hybridized carbons (Fsp3) is 0.875. The Labute approximate surface area is 139 Å². The van der Waals surface area contributed by atoms with Gasteiger partial charge in [0.15, 0.2) is 0 Å². The SMILES string of the molecule is CC.COCCN1CC2(CCN(C(=O)OC(C)(C)C)C2)NC1=O. The molecular formula is C16H31N3O4. The van der Waals surface area contributed by atoms with E-state index in [4.69, 9.17) is 9.47 Å². The Kier molecular flexibility index (Phi) is 6.68. The number of carbonyl (C=O) groups excluding carboxylic acids is 2. The Morgan fingerprint density at radius 3 is 2.52 bits per heavy atom. The molecule has 2 aliphatic rings. The second kappa shape index (κ2) is 7.86. The highest BCUT2D eigenvalue weighted by Crippen LogP contribution is 2.28. The second-order valence-electron chi connectivity index (χ2n) is 6.78. The van der Waals surface area contributed by atoms with E-state index < -0.39 is 5.60 Å². The van der Waals surface area contributed by atoms with E-state index in [1.165, 1.54) is 0 Å². The lowest BCUT2D eigenvalue weighted by Crippen LogP contribution is -2.47. The van der Waals surface area contributed by atoms with Crippen molar-refractivity contribution in [1.82, 2.24) is 15.1 Å². The van der Waals surface area contributed by atoms with Crippen molar-refractivity contribution >= 4 is 12.1 Å². The molecule has 7 nitrogen and oxygen atoms in total. The van der Waals surface area contributed by atoms with Gasteiger partial charge in [-0.1, -0.05) is 13.8 Å². The normalized spacial score (nSPS) is 23.7. The molecule has 1 spiro atoms. The lowest BCUT2D eigenvalue weighted by molar-refractivity contribution is 0.0282. The van der Waals surface area contributed by atoms with E-state index in [-0.39, 0.29) is 17.7 Å². The van der Waals surface area contributed by atoms with Crippen LogP contribution in [0.2, 0.25) is 0 Å². The third-order valence-corrected chi connectivity index (χ3v) is 3.72. The van der Waals surface area contributed by atoms with Crippen molar-refractivity contribution < 1.29 is 19.1 Å². The van der Waals surface area contributed by atoms with E-state index in [0.29, 0.717) is 32.8 Å². The molecule has 7 heteroatoms. The van der Waals surface area contributed by atoms with Gasteiger partial charge in [-0.25, -0.2) is 9.59 Å². The fourth-order valence-electron chi connectivity index (χ4n) is 2.75. The number of likely N-dealkylation sites (tertiary alicyclic amines) is 1. The zero-order valence-electron chi connectivity index (χ0n) is 15.3. The number of rotatable bonds is 3. The van der Waals surface area contributed by atoms with Crippen LogP contribution in [0.5, 0.6) is 0 Å². The predicted octanol–water partition coefficient (Wildman–Crippen LogP) is 2.06. The number of methoxy groups -OCH3 is 1. The number of hydrogen-bond acceptors (Lipinski definition) is 4. The average molecular weight is 329 g/mol. The minimum atomic E-state index is -0.504. The van der Waals surface area contributed by atoms with Gasteiger partial charge in [-0.15, -0.1) is 0 Å². The Morgan fingerprint density at radius 2 is 1.96 bits per heavy atom. The van der Waals surface area contributed by atoms with Gasteiger partial charge in [0.25, 0.3) is 0 Å². The van der Waals surface area contributed by atoms with Crippen molar-refractivity contribution in [2.75, 3.05) is 39.9 Å². The number of urea groups is 1. The molecule has 1 unspecified atom stereocenters. The van der Waals surface area contributed by atoms with Gasteiger partial charge >= 0.3 is 12.1 Å². The second-order valence-corrected chi connectivity index (χ2v) is 6.78. The van der Waals surface area contributed by atoms with Crippen molar-refractivity contribution in [3.63, 3.8) is 0 Å². The van der Waals surface area contributed by atoms with E-state index >= 15 is 0 Å². The number of amides is 3. The Balaban J connectivity index is 0.00000127. The first-order chi connectivity index (χ1) is 10.7. The lowest BCUT2D eigenvalue weighted by atomic mass is 10.0. The van der Waals surface area contributed by atoms with Crippen LogP contribution in [0.1, 0.15) is 41.0 Å².